The van der Waals surface area contributed by atoms with Crippen LogP contribution in [0.2, 0.25) is 0 Å². The molecule has 6 heteroatoms. The molecule has 0 bridgehead atoms. The number of ether oxygens (including phenoxy) is 2. The van der Waals surface area contributed by atoms with E-state index in [1.165, 1.54) is 11.3 Å². The molecule has 0 aliphatic rings. The number of aromatic amines is 1. The largest absolute Gasteiger partial charge is 0.383 e. The Kier molecular flexibility index (Phi) is 7.30. The Morgan fingerprint density at radius 2 is 1.79 bits per heavy atom. The van der Waals surface area contributed by atoms with Gasteiger partial charge in [-0.25, -0.2) is 0 Å². The molecular formula is C13H24N2O3S. The van der Waals surface area contributed by atoms with Crippen LogP contribution >= 0.6 is 11.3 Å². The fourth-order valence-electron chi connectivity index (χ4n) is 1.87. The van der Waals surface area contributed by atoms with Crippen LogP contribution in [-0.2, 0) is 16.0 Å². The van der Waals surface area contributed by atoms with Crippen molar-refractivity contribution in [3.05, 3.63) is 20.2 Å². The van der Waals surface area contributed by atoms with Crippen LogP contribution in [0.3, 0.4) is 0 Å². The molecule has 0 saturated carbocycles. The van der Waals surface area contributed by atoms with Crippen LogP contribution in [0.4, 0.5) is 0 Å². The molecule has 0 aromatic carbocycles. The normalized spacial score (nSPS) is 11.7. The lowest BCUT2D eigenvalue weighted by atomic mass is 10.1. The van der Waals surface area contributed by atoms with Crippen molar-refractivity contribution in [3.63, 3.8) is 0 Å². The Labute approximate surface area is 118 Å². The number of aromatic nitrogens is 1. The van der Waals surface area contributed by atoms with Crippen molar-refractivity contribution in [1.29, 1.82) is 0 Å². The number of hydrogen-bond acceptors (Lipinski definition) is 5. The van der Waals surface area contributed by atoms with Crippen LogP contribution in [0.5, 0.6) is 0 Å². The highest BCUT2D eigenvalue weighted by Gasteiger charge is 2.15. The van der Waals surface area contributed by atoms with Gasteiger partial charge in [-0.2, -0.15) is 0 Å². The maximum Gasteiger partial charge on any atom is 0.304 e. The fraction of sp³-hybridized carbons (Fsp3) is 0.769. The van der Waals surface area contributed by atoms with Gasteiger partial charge in [-0.15, -0.1) is 0 Å². The maximum atomic E-state index is 11.5. The molecule has 0 atom stereocenters. The van der Waals surface area contributed by atoms with Crippen molar-refractivity contribution in [2.24, 2.45) is 0 Å². The number of thiazole rings is 1. The van der Waals surface area contributed by atoms with Gasteiger partial charge < -0.3 is 14.5 Å². The maximum absolute atomic E-state index is 11.5. The molecule has 1 N–H and O–H groups in total. The second-order valence-electron chi connectivity index (χ2n) is 4.77. The summed E-state index contributed by atoms with van der Waals surface area (Å²) in [6.07, 6.45) is 0. The summed E-state index contributed by atoms with van der Waals surface area (Å²) < 4.78 is 10.2. The number of methoxy groups -OCH3 is 2. The first-order chi connectivity index (χ1) is 9.08. The first-order valence-corrected chi connectivity index (χ1v) is 7.32. The third-order valence-electron chi connectivity index (χ3n) is 2.92. The molecule has 1 aromatic heterocycles. The quantitative estimate of drug-likeness (QED) is 0.751. The van der Waals surface area contributed by atoms with E-state index in [9.17, 15) is 4.79 Å². The van der Waals surface area contributed by atoms with Gasteiger partial charge in [0.2, 0.25) is 0 Å². The molecule has 1 heterocycles. The summed E-state index contributed by atoms with van der Waals surface area (Å²) in [5.41, 5.74) is 1.05. The van der Waals surface area contributed by atoms with Crippen LogP contribution in [0.15, 0.2) is 4.79 Å². The molecule has 0 aliphatic carbocycles. The summed E-state index contributed by atoms with van der Waals surface area (Å²) in [7, 11) is 3.39. The Morgan fingerprint density at radius 1 is 1.21 bits per heavy atom. The van der Waals surface area contributed by atoms with Gasteiger partial charge in [-0.3, -0.25) is 9.69 Å². The van der Waals surface area contributed by atoms with E-state index < -0.39 is 0 Å². The van der Waals surface area contributed by atoms with Gasteiger partial charge >= 0.3 is 4.87 Å². The molecule has 0 spiro atoms. The van der Waals surface area contributed by atoms with Gasteiger partial charge in [0.15, 0.2) is 0 Å². The molecule has 19 heavy (non-hydrogen) atoms. The van der Waals surface area contributed by atoms with E-state index in [2.05, 4.69) is 23.7 Å². The van der Waals surface area contributed by atoms with Crippen LogP contribution in [0.25, 0.3) is 0 Å². The fourth-order valence-corrected chi connectivity index (χ4v) is 2.90. The molecule has 1 rings (SSSR count). The minimum absolute atomic E-state index is 0.0251. The first-order valence-electron chi connectivity index (χ1n) is 6.50. The van der Waals surface area contributed by atoms with Crippen LogP contribution in [-0.4, -0.2) is 50.4 Å². The van der Waals surface area contributed by atoms with Gasteiger partial charge in [-0.05, 0) is 5.92 Å². The molecule has 5 nitrogen and oxygen atoms in total. The monoisotopic (exact) mass is 288 g/mol. The van der Waals surface area contributed by atoms with Crippen molar-refractivity contribution in [2.45, 2.75) is 26.3 Å². The molecule has 1 aromatic rings. The topological polar surface area (TPSA) is 54.6 Å². The number of nitrogens with one attached hydrogen (secondary N) is 1. The zero-order valence-corrected chi connectivity index (χ0v) is 13.0. The second-order valence-corrected chi connectivity index (χ2v) is 5.84. The van der Waals surface area contributed by atoms with E-state index in [-0.39, 0.29) is 4.87 Å². The Hall–Kier alpha value is -0.690. The Bertz CT molecular complexity index is 406. The minimum atomic E-state index is 0.0251. The Balaban J connectivity index is 2.73. The lowest BCUT2D eigenvalue weighted by molar-refractivity contribution is 0.110. The lowest BCUT2D eigenvalue weighted by Crippen LogP contribution is -2.30. The third kappa shape index (κ3) is 5.44. The van der Waals surface area contributed by atoms with E-state index in [4.69, 9.17) is 9.47 Å². The highest BCUT2D eigenvalue weighted by Crippen LogP contribution is 2.20. The number of hydrogen-bond donors (Lipinski definition) is 1. The minimum Gasteiger partial charge on any atom is -0.383 e. The van der Waals surface area contributed by atoms with Gasteiger partial charge in [-0.1, -0.05) is 25.2 Å². The van der Waals surface area contributed by atoms with E-state index >= 15 is 0 Å². The molecule has 0 aliphatic heterocycles. The first kappa shape index (κ1) is 16.4. The standard InChI is InChI=1S/C13H24N2O3S/c1-10(2)12-11(19-13(16)14-12)9-15(5-7-17-3)6-8-18-4/h10H,5-9H2,1-4H3,(H,14,16). The predicted molar refractivity (Wildman–Crippen MR) is 78.1 cm³/mol. The zero-order chi connectivity index (χ0) is 14.3. The average Bonchev–Trinajstić information content (AvgIpc) is 2.73. The molecule has 0 amide bonds. The summed E-state index contributed by atoms with van der Waals surface area (Å²) in [5, 5.41) is 0. The molecule has 0 saturated heterocycles. The van der Waals surface area contributed by atoms with Gasteiger partial charge in [0.05, 0.1) is 13.2 Å². The van der Waals surface area contributed by atoms with Gasteiger partial charge in [0.1, 0.15) is 0 Å². The summed E-state index contributed by atoms with van der Waals surface area (Å²) in [5.74, 6) is 0.334. The van der Waals surface area contributed by atoms with Crippen molar-refractivity contribution < 1.29 is 9.47 Å². The van der Waals surface area contributed by atoms with Crippen LogP contribution in [0, 0.1) is 0 Å². The van der Waals surface area contributed by atoms with E-state index in [1.807, 2.05) is 0 Å². The molecule has 0 radical (unpaired) electrons. The van der Waals surface area contributed by atoms with Crippen molar-refractivity contribution in [1.82, 2.24) is 9.88 Å². The van der Waals surface area contributed by atoms with Crippen molar-refractivity contribution in [2.75, 3.05) is 40.5 Å². The number of H-pyrrole nitrogens is 1. The third-order valence-corrected chi connectivity index (χ3v) is 3.80. The second kappa shape index (κ2) is 8.47. The highest BCUT2D eigenvalue weighted by atomic mass is 32.1. The van der Waals surface area contributed by atoms with Gasteiger partial charge in [0, 0.05) is 44.4 Å². The summed E-state index contributed by atoms with van der Waals surface area (Å²) in [4.78, 5) is 17.8. The predicted octanol–water partition coefficient (Wildman–Crippen LogP) is 1.65. The van der Waals surface area contributed by atoms with Gasteiger partial charge in [0.25, 0.3) is 0 Å². The summed E-state index contributed by atoms with van der Waals surface area (Å²) >= 11 is 1.30. The average molecular weight is 288 g/mol. The Morgan fingerprint density at radius 3 is 2.26 bits per heavy atom. The smallest absolute Gasteiger partial charge is 0.304 e. The highest BCUT2D eigenvalue weighted by molar-refractivity contribution is 7.09. The number of nitrogens with zero attached hydrogens (tertiary/aromatic N) is 1. The van der Waals surface area contributed by atoms with Crippen LogP contribution in [0.1, 0.15) is 30.3 Å². The summed E-state index contributed by atoms with van der Waals surface area (Å²) in [6, 6.07) is 0. The van der Waals surface area contributed by atoms with E-state index in [0.717, 1.165) is 30.2 Å². The summed E-state index contributed by atoms with van der Waals surface area (Å²) in [6.45, 7) is 7.99. The van der Waals surface area contributed by atoms with Crippen molar-refractivity contribution >= 4 is 11.3 Å². The van der Waals surface area contributed by atoms with E-state index in [1.54, 1.807) is 14.2 Å². The van der Waals surface area contributed by atoms with Crippen molar-refractivity contribution in [3.8, 4) is 0 Å². The van der Waals surface area contributed by atoms with Crippen LogP contribution < -0.4 is 4.87 Å². The zero-order valence-electron chi connectivity index (χ0n) is 12.2. The SMILES string of the molecule is COCCN(CCOC)Cc1sc(=O)[nH]c1C(C)C. The molecule has 110 valence electrons. The molecule has 0 unspecified atom stereocenters. The molecular weight excluding hydrogens is 264 g/mol. The number of rotatable bonds is 9. The lowest BCUT2D eigenvalue weighted by Gasteiger charge is -2.21. The van der Waals surface area contributed by atoms with E-state index in [0.29, 0.717) is 19.1 Å². The molecule has 0 fully saturated rings.